The van der Waals surface area contributed by atoms with Crippen LogP contribution in [-0.2, 0) is 4.79 Å². The van der Waals surface area contributed by atoms with Gasteiger partial charge in [-0.25, -0.2) is 9.59 Å². The molecule has 0 heterocycles. The number of aliphatic carboxylic acids is 1. The number of carboxylic acid groups (broad SMARTS) is 1. The average Bonchev–Trinajstić information content (AvgIpc) is 2.24. The molecule has 0 fully saturated rings. The van der Waals surface area contributed by atoms with Crippen molar-refractivity contribution in [1.82, 2.24) is 16.0 Å². The first-order chi connectivity index (χ1) is 7.99. The Morgan fingerprint density at radius 2 is 1.88 bits per heavy atom. The molecule has 17 heavy (non-hydrogen) atoms. The van der Waals surface area contributed by atoms with Crippen molar-refractivity contribution in [2.75, 3.05) is 19.6 Å². The minimum absolute atomic E-state index is 0.139. The highest BCUT2D eigenvalue weighted by molar-refractivity contribution is 5.82. The molecule has 2 amide bonds. The fraction of sp³-hybridized carbons (Fsp3) is 0.818. The summed E-state index contributed by atoms with van der Waals surface area (Å²) < 4.78 is 0. The number of carboxylic acids is 1. The van der Waals surface area contributed by atoms with Crippen molar-refractivity contribution in [3.63, 3.8) is 0 Å². The lowest BCUT2D eigenvalue weighted by atomic mass is 10.1. The Morgan fingerprint density at radius 1 is 1.24 bits per heavy atom. The summed E-state index contributed by atoms with van der Waals surface area (Å²) in [7, 11) is 0. The number of urea groups is 1. The van der Waals surface area contributed by atoms with E-state index in [1.807, 2.05) is 6.92 Å². The zero-order chi connectivity index (χ0) is 13.3. The van der Waals surface area contributed by atoms with Crippen molar-refractivity contribution in [3.8, 4) is 0 Å². The smallest absolute Gasteiger partial charge is 0.326 e. The maximum absolute atomic E-state index is 11.4. The molecule has 0 saturated carbocycles. The van der Waals surface area contributed by atoms with Crippen LogP contribution in [0.5, 0.6) is 0 Å². The third-order valence-electron chi connectivity index (χ3n) is 2.29. The van der Waals surface area contributed by atoms with Gasteiger partial charge in [0.05, 0.1) is 0 Å². The van der Waals surface area contributed by atoms with Gasteiger partial charge in [-0.3, -0.25) is 0 Å². The van der Waals surface area contributed by atoms with Crippen LogP contribution in [0.15, 0.2) is 0 Å². The number of rotatable bonds is 8. The maximum atomic E-state index is 11.4. The Bertz CT molecular complexity index is 244. The lowest BCUT2D eigenvalue weighted by Crippen LogP contribution is -2.48. The first-order valence-corrected chi connectivity index (χ1v) is 5.97. The molecule has 0 rings (SSSR count). The largest absolute Gasteiger partial charge is 0.480 e. The fourth-order valence-corrected chi connectivity index (χ4v) is 1.30. The number of amides is 2. The summed E-state index contributed by atoms with van der Waals surface area (Å²) in [6, 6.07) is -1.27. The first-order valence-electron chi connectivity index (χ1n) is 5.97. The van der Waals surface area contributed by atoms with Gasteiger partial charge in [-0.2, -0.15) is 0 Å². The molecule has 0 spiro atoms. The van der Waals surface area contributed by atoms with Crippen molar-refractivity contribution in [1.29, 1.82) is 0 Å². The van der Waals surface area contributed by atoms with Crippen LogP contribution in [0.3, 0.4) is 0 Å². The third-order valence-corrected chi connectivity index (χ3v) is 2.29. The number of nitrogens with one attached hydrogen (secondary N) is 3. The topological polar surface area (TPSA) is 90.5 Å². The first kappa shape index (κ1) is 15.7. The van der Waals surface area contributed by atoms with E-state index in [2.05, 4.69) is 16.0 Å². The zero-order valence-corrected chi connectivity index (χ0v) is 10.7. The zero-order valence-electron chi connectivity index (χ0n) is 10.7. The Balaban J connectivity index is 3.80. The molecule has 0 saturated heterocycles. The number of hydrogen-bond acceptors (Lipinski definition) is 3. The second kappa shape index (κ2) is 8.81. The average molecular weight is 245 g/mol. The van der Waals surface area contributed by atoms with E-state index in [0.717, 1.165) is 19.5 Å². The second-order valence-corrected chi connectivity index (χ2v) is 4.17. The molecule has 6 heteroatoms. The molecule has 4 N–H and O–H groups in total. The summed E-state index contributed by atoms with van der Waals surface area (Å²) in [4.78, 5) is 22.2. The maximum Gasteiger partial charge on any atom is 0.326 e. The summed E-state index contributed by atoms with van der Waals surface area (Å²) in [5.74, 6) is -1.15. The number of carbonyl (C=O) groups excluding carboxylic acids is 1. The Morgan fingerprint density at radius 3 is 2.35 bits per heavy atom. The Labute approximate surface area is 102 Å². The van der Waals surface area contributed by atoms with Gasteiger partial charge in [-0.1, -0.05) is 20.8 Å². The molecule has 0 radical (unpaired) electrons. The minimum atomic E-state index is -1.01. The summed E-state index contributed by atoms with van der Waals surface area (Å²) in [5.41, 5.74) is 0. The molecule has 0 aliphatic heterocycles. The van der Waals surface area contributed by atoms with Crippen LogP contribution in [0.2, 0.25) is 0 Å². The van der Waals surface area contributed by atoms with Crippen LogP contribution in [0.25, 0.3) is 0 Å². The predicted octanol–water partition coefficient (Wildman–Crippen LogP) is 0.394. The molecule has 0 aromatic carbocycles. The van der Waals surface area contributed by atoms with E-state index >= 15 is 0 Å². The minimum Gasteiger partial charge on any atom is -0.480 e. The number of hydrogen-bond donors (Lipinski definition) is 4. The molecular weight excluding hydrogens is 222 g/mol. The van der Waals surface area contributed by atoms with Crippen molar-refractivity contribution in [2.45, 2.75) is 33.2 Å². The van der Waals surface area contributed by atoms with Gasteiger partial charge in [0.2, 0.25) is 0 Å². The molecule has 100 valence electrons. The van der Waals surface area contributed by atoms with Crippen molar-refractivity contribution >= 4 is 12.0 Å². The highest BCUT2D eigenvalue weighted by Crippen LogP contribution is 2.00. The highest BCUT2D eigenvalue weighted by Gasteiger charge is 2.22. The lowest BCUT2D eigenvalue weighted by Gasteiger charge is -2.18. The molecular formula is C11H23N3O3. The van der Waals surface area contributed by atoms with Crippen molar-refractivity contribution in [3.05, 3.63) is 0 Å². The van der Waals surface area contributed by atoms with Gasteiger partial charge in [0.15, 0.2) is 0 Å². The van der Waals surface area contributed by atoms with E-state index in [-0.39, 0.29) is 5.92 Å². The number of carbonyl (C=O) groups is 2. The third kappa shape index (κ3) is 7.57. The predicted molar refractivity (Wildman–Crippen MR) is 66.0 cm³/mol. The van der Waals surface area contributed by atoms with Crippen LogP contribution in [0.1, 0.15) is 27.2 Å². The molecule has 0 aliphatic rings. The van der Waals surface area contributed by atoms with Crippen LogP contribution >= 0.6 is 0 Å². The van der Waals surface area contributed by atoms with Gasteiger partial charge in [0.25, 0.3) is 0 Å². The summed E-state index contributed by atoms with van der Waals surface area (Å²) in [6.45, 7) is 7.79. The standard InChI is InChI=1S/C11H23N3O3/c1-4-12-6-5-7-13-11(17)14-9(8(2)3)10(15)16/h8-9,12H,4-7H2,1-3H3,(H,15,16)(H2,13,14,17)/t9-/m1/s1. The summed E-state index contributed by atoms with van der Waals surface area (Å²) in [6.07, 6.45) is 0.820. The van der Waals surface area contributed by atoms with E-state index in [9.17, 15) is 9.59 Å². The van der Waals surface area contributed by atoms with Gasteiger partial charge in [-0.05, 0) is 25.4 Å². The molecule has 6 nitrogen and oxygen atoms in total. The molecule has 0 aromatic heterocycles. The van der Waals surface area contributed by atoms with E-state index in [4.69, 9.17) is 5.11 Å². The second-order valence-electron chi connectivity index (χ2n) is 4.17. The Hall–Kier alpha value is -1.30. The van der Waals surface area contributed by atoms with E-state index in [0.29, 0.717) is 6.54 Å². The summed E-state index contributed by atoms with van der Waals surface area (Å²) >= 11 is 0. The van der Waals surface area contributed by atoms with Gasteiger partial charge < -0.3 is 21.1 Å². The monoisotopic (exact) mass is 245 g/mol. The van der Waals surface area contributed by atoms with Crippen molar-refractivity contribution < 1.29 is 14.7 Å². The van der Waals surface area contributed by atoms with E-state index < -0.39 is 18.0 Å². The molecule has 0 unspecified atom stereocenters. The SMILES string of the molecule is CCNCCCNC(=O)N[C@@H](C(=O)O)C(C)C. The van der Waals surface area contributed by atoms with Gasteiger partial charge in [0, 0.05) is 6.54 Å². The molecule has 0 aliphatic carbocycles. The molecule has 1 atom stereocenters. The highest BCUT2D eigenvalue weighted by atomic mass is 16.4. The van der Waals surface area contributed by atoms with Crippen LogP contribution in [0.4, 0.5) is 4.79 Å². The molecule has 0 bridgehead atoms. The molecule has 0 aromatic rings. The summed E-state index contributed by atoms with van der Waals surface area (Å²) in [5, 5.41) is 17.1. The fourth-order valence-electron chi connectivity index (χ4n) is 1.30. The lowest BCUT2D eigenvalue weighted by molar-refractivity contribution is -0.140. The normalized spacial score (nSPS) is 12.2. The van der Waals surface area contributed by atoms with Crippen LogP contribution in [-0.4, -0.2) is 42.8 Å². The van der Waals surface area contributed by atoms with E-state index in [1.165, 1.54) is 0 Å². The van der Waals surface area contributed by atoms with Crippen molar-refractivity contribution in [2.24, 2.45) is 5.92 Å². The quantitative estimate of drug-likeness (QED) is 0.466. The Kier molecular flexibility index (Phi) is 8.13. The van der Waals surface area contributed by atoms with E-state index in [1.54, 1.807) is 13.8 Å². The van der Waals surface area contributed by atoms with Gasteiger partial charge in [-0.15, -0.1) is 0 Å². The van der Waals surface area contributed by atoms with Crippen LogP contribution < -0.4 is 16.0 Å². The van der Waals surface area contributed by atoms with Gasteiger partial charge >= 0.3 is 12.0 Å². The van der Waals surface area contributed by atoms with Crippen LogP contribution in [0, 0.1) is 5.92 Å². The van der Waals surface area contributed by atoms with Gasteiger partial charge in [0.1, 0.15) is 6.04 Å².